The van der Waals surface area contributed by atoms with Gasteiger partial charge in [-0.2, -0.15) is 0 Å². The number of hydrogen-bond donors (Lipinski definition) is 12. The van der Waals surface area contributed by atoms with E-state index in [2.05, 4.69) is 55.6 Å². The first-order valence-corrected chi connectivity index (χ1v) is 32.4. The molecule has 0 saturated carbocycles. The topological polar surface area (TPSA) is 307 Å². The number of hydrogen-bond acceptors (Lipinski definition) is 18. The maximum absolute atomic E-state index is 13.4. The minimum atomic E-state index is -1.98. The van der Waals surface area contributed by atoms with Gasteiger partial charge < -0.3 is 89.9 Å². The van der Waals surface area contributed by atoms with Gasteiger partial charge in [-0.15, -0.1) is 0 Å². The predicted molar refractivity (Wildman–Crippen MR) is 319 cm³/mol. The van der Waals surface area contributed by atoms with Crippen molar-refractivity contribution in [1.82, 2.24) is 5.32 Å². The highest BCUT2D eigenvalue weighted by Gasteiger charge is 2.53. The number of amides is 1. The predicted octanol–water partition coefficient (Wildman–Crippen LogP) is 7.04. The van der Waals surface area contributed by atoms with Crippen LogP contribution in [0, 0.1) is 0 Å². The van der Waals surface area contributed by atoms with Crippen LogP contribution < -0.4 is 5.32 Å². The fourth-order valence-corrected chi connectivity index (χ4v) is 10.7. The van der Waals surface area contributed by atoms with E-state index >= 15 is 0 Å². The fourth-order valence-electron chi connectivity index (χ4n) is 10.7. The third kappa shape index (κ3) is 30.0. The zero-order valence-corrected chi connectivity index (χ0v) is 50.7. The molecule has 0 aromatic rings. The van der Waals surface area contributed by atoms with Crippen molar-refractivity contribution in [2.45, 2.75) is 324 Å². The molecule has 1 amide bonds. The van der Waals surface area contributed by atoms with Crippen LogP contribution in [0.2, 0.25) is 0 Å². The lowest BCUT2D eigenvalue weighted by Gasteiger charge is -2.48. The van der Waals surface area contributed by atoms with Crippen molar-refractivity contribution in [2.24, 2.45) is 0 Å². The molecule has 0 aromatic carbocycles. The van der Waals surface area contributed by atoms with E-state index in [1.165, 1.54) is 128 Å². The van der Waals surface area contributed by atoms with E-state index in [1.807, 2.05) is 6.08 Å². The van der Waals surface area contributed by atoms with E-state index in [9.17, 15) is 61.0 Å². The van der Waals surface area contributed by atoms with Gasteiger partial charge in [0.15, 0.2) is 18.9 Å². The Bertz CT molecular complexity index is 1700. The number of carbonyl (C=O) groups is 1. The molecule has 3 heterocycles. The molecule has 3 aliphatic heterocycles. The molecular formula is C64H115NO18. The molecule has 484 valence electrons. The van der Waals surface area contributed by atoms with E-state index in [4.69, 9.17) is 28.4 Å². The summed E-state index contributed by atoms with van der Waals surface area (Å²) in [5, 5.41) is 120. The van der Waals surface area contributed by atoms with Crippen LogP contribution in [0.25, 0.3) is 0 Å². The standard InChI is InChI=1S/C64H115NO18/c1-3-5-7-9-11-13-15-17-19-21-22-23-24-26-28-30-32-34-36-38-40-42-52(70)65-47(48(69)41-39-37-35-33-31-29-27-25-20-18-16-14-12-10-8-6-4-2)46-78-62-58(76)55(73)60(50(44-67)80-62)83-64-59(77)56(74)61(51(45-68)81-64)82-63-57(75)54(72)53(71)49(43-66)79-63/h20-22,25,31,33,39,41,47-51,53-64,66-69,71-77H,3-19,23-24,26-30,32,34-38,40,42-46H2,1-2H3,(H,65,70)/b22-21-,25-20+,33-31+,41-39+. The lowest BCUT2D eigenvalue weighted by Crippen LogP contribution is -2.66. The summed E-state index contributed by atoms with van der Waals surface area (Å²) in [6.07, 6.45) is 26.6. The summed E-state index contributed by atoms with van der Waals surface area (Å²) in [4.78, 5) is 13.4. The van der Waals surface area contributed by atoms with E-state index in [-0.39, 0.29) is 18.9 Å². The van der Waals surface area contributed by atoms with Crippen LogP contribution in [-0.2, 0) is 33.2 Å². The molecule has 0 bridgehead atoms. The van der Waals surface area contributed by atoms with Crippen molar-refractivity contribution < 1.29 is 89.4 Å². The molecule has 3 saturated heterocycles. The fraction of sp³-hybridized carbons (Fsp3) is 0.859. The average Bonchev–Trinajstić information content (AvgIpc) is 3.34. The summed E-state index contributed by atoms with van der Waals surface area (Å²) in [5.74, 6) is -0.292. The van der Waals surface area contributed by atoms with Gasteiger partial charge in [-0.05, 0) is 70.6 Å². The Morgan fingerprint density at radius 3 is 1.20 bits per heavy atom. The average molecular weight is 1190 g/mol. The monoisotopic (exact) mass is 1190 g/mol. The molecule has 0 aliphatic carbocycles. The minimum Gasteiger partial charge on any atom is -0.394 e. The van der Waals surface area contributed by atoms with Gasteiger partial charge in [-0.3, -0.25) is 4.79 Å². The third-order valence-electron chi connectivity index (χ3n) is 16.1. The first kappa shape index (κ1) is 75.0. The normalized spacial score (nSPS) is 29.7. The van der Waals surface area contributed by atoms with Crippen LogP contribution in [0.1, 0.15) is 219 Å². The highest BCUT2D eigenvalue weighted by atomic mass is 16.8. The van der Waals surface area contributed by atoms with Crippen molar-refractivity contribution >= 4 is 5.91 Å². The second kappa shape index (κ2) is 46.8. The molecule has 83 heavy (non-hydrogen) atoms. The number of nitrogens with one attached hydrogen (secondary N) is 1. The third-order valence-corrected chi connectivity index (χ3v) is 16.1. The molecule has 0 spiro atoms. The zero-order valence-electron chi connectivity index (χ0n) is 50.7. The number of allylic oxidation sites excluding steroid dienone is 7. The molecule has 19 heteroatoms. The second-order valence-electron chi connectivity index (χ2n) is 23.2. The Morgan fingerprint density at radius 1 is 0.422 bits per heavy atom. The quantitative estimate of drug-likeness (QED) is 0.0215. The van der Waals surface area contributed by atoms with Crippen molar-refractivity contribution in [3.8, 4) is 0 Å². The molecule has 3 rings (SSSR count). The molecule has 19 nitrogen and oxygen atoms in total. The summed E-state index contributed by atoms with van der Waals surface area (Å²) in [7, 11) is 0. The van der Waals surface area contributed by atoms with E-state index in [1.54, 1.807) is 6.08 Å². The molecule has 12 N–H and O–H groups in total. The van der Waals surface area contributed by atoms with Gasteiger partial charge in [0.2, 0.25) is 5.91 Å². The summed E-state index contributed by atoms with van der Waals surface area (Å²) in [5.41, 5.74) is 0. The summed E-state index contributed by atoms with van der Waals surface area (Å²) < 4.78 is 34.3. The molecule has 17 atom stereocenters. The van der Waals surface area contributed by atoms with Crippen molar-refractivity contribution in [3.63, 3.8) is 0 Å². The van der Waals surface area contributed by atoms with E-state index in [0.29, 0.717) is 12.8 Å². The number of unbranched alkanes of at least 4 members (excludes halogenated alkanes) is 26. The van der Waals surface area contributed by atoms with Crippen molar-refractivity contribution in [2.75, 3.05) is 26.4 Å². The van der Waals surface area contributed by atoms with Gasteiger partial charge in [0.1, 0.15) is 73.2 Å². The maximum atomic E-state index is 13.4. The summed E-state index contributed by atoms with van der Waals surface area (Å²) >= 11 is 0. The van der Waals surface area contributed by atoms with Crippen LogP contribution in [0.5, 0.6) is 0 Å². The molecular weight excluding hydrogens is 1070 g/mol. The number of carbonyl (C=O) groups excluding carboxylic acids is 1. The highest BCUT2D eigenvalue weighted by molar-refractivity contribution is 5.76. The zero-order chi connectivity index (χ0) is 60.5. The van der Waals surface area contributed by atoms with Crippen LogP contribution in [0.3, 0.4) is 0 Å². The van der Waals surface area contributed by atoms with Gasteiger partial charge >= 0.3 is 0 Å². The number of aliphatic hydroxyl groups is 11. The highest BCUT2D eigenvalue weighted by Crippen LogP contribution is 2.33. The lowest BCUT2D eigenvalue weighted by molar-refractivity contribution is -0.379. The number of aliphatic hydroxyl groups excluding tert-OH is 11. The minimum absolute atomic E-state index is 0.229. The molecule has 17 unspecified atom stereocenters. The summed E-state index contributed by atoms with van der Waals surface area (Å²) in [6.45, 7) is 1.69. The van der Waals surface area contributed by atoms with Crippen LogP contribution in [-0.4, -0.2) is 193 Å². The Kier molecular flexibility index (Phi) is 42.3. The Hall–Kier alpha value is -2.25. The van der Waals surface area contributed by atoms with Crippen LogP contribution in [0.15, 0.2) is 48.6 Å². The largest absolute Gasteiger partial charge is 0.394 e. The first-order chi connectivity index (χ1) is 40.3. The number of ether oxygens (including phenoxy) is 6. The Labute approximate surface area is 497 Å². The Morgan fingerprint density at radius 2 is 0.771 bits per heavy atom. The molecule has 0 aromatic heterocycles. The molecule has 0 radical (unpaired) electrons. The first-order valence-electron chi connectivity index (χ1n) is 32.4. The van der Waals surface area contributed by atoms with Crippen LogP contribution >= 0.6 is 0 Å². The van der Waals surface area contributed by atoms with Gasteiger partial charge in [-0.25, -0.2) is 0 Å². The van der Waals surface area contributed by atoms with Gasteiger partial charge in [0.25, 0.3) is 0 Å². The second-order valence-corrected chi connectivity index (χ2v) is 23.2. The van der Waals surface area contributed by atoms with Gasteiger partial charge in [0, 0.05) is 6.42 Å². The van der Waals surface area contributed by atoms with E-state index < -0.39 is 124 Å². The maximum Gasteiger partial charge on any atom is 0.220 e. The van der Waals surface area contributed by atoms with Gasteiger partial charge in [0.05, 0.1) is 38.6 Å². The summed E-state index contributed by atoms with van der Waals surface area (Å²) in [6, 6.07) is -0.997. The molecule has 3 aliphatic rings. The van der Waals surface area contributed by atoms with Crippen molar-refractivity contribution in [1.29, 1.82) is 0 Å². The smallest absolute Gasteiger partial charge is 0.220 e. The number of rotatable bonds is 48. The van der Waals surface area contributed by atoms with Crippen molar-refractivity contribution in [3.05, 3.63) is 48.6 Å². The van der Waals surface area contributed by atoms with Gasteiger partial charge in [-0.1, -0.05) is 191 Å². The van der Waals surface area contributed by atoms with E-state index in [0.717, 1.165) is 57.8 Å². The Balaban J connectivity index is 1.49. The lowest BCUT2D eigenvalue weighted by atomic mass is 9.96. The molecule has 3 fully saturated rings. The van der Waals surface area contributed by atoms with Crippen LogP contribution in [0.4, 0.5) is 0 Å². The SMILES string of the molecule is CCCCCCCCC/C=C/CC/C=C/CC/C=C/C(O)C(COC1OC(CO)C(OC2OC(CO)C(OC3OC(CO)C(O)C(O)C3O)C(O)C2O)C(O)C1O)NC(=O)CCCCCCCCCCC/C=C\CCCCCCCCCC.